The first-order chi connectivity index (χ1) is 24.1. The van der Waals surface area contributed by atoms with Gasteiger partial charge >= 0.3 is 0 Å². The van der Waals surface area contributed by atoms with E-state index in [4.69, 9.17) is 44.5 Å². The van der Waals surface area contributed by atoms with E-state index >= 15 is 0 Å². The molecule has 0 unspecified atom stereocenters. The van der Waals surface area contributed by atoms with E-state index in [1.807, 2.05) is 0 Å². The fourth-order valence-corrected chi connectivity index (χ4v) is 3.00. The Morgan fingerprint density at radius 1 is 1.37 bits per heavy atom. The standard InChI is InChI=1S/C24H36O3/c1-6-7-8-9-12-23(2,3)16-13-20(26)22-18-15-17(25)10-11-19(18)24(4,5)27-21(22)14-16/h13-14,18-19,26H,6-12,15H2,1-5H3/t18-,19-/m1/s1/i1D3,2D3,3D3,4D3,5D3,6D2,7D2,8D2,9D2,10D2,12D2,15D2. The molecule has 3 rings (SSSR count). The summed E-state index contributed by atoms with van der Waals surface area (Å²) in [6.45, 7) is -21.1. The average molecular weight is 402 g/mol. The number of carbonyl (C=O) groups is 1. The average Bonchev–Trinajstić information content (AvgIpc) is 2.91. The fraction of sp³-hybridized carbons (Fsp3) is 0.708. The van der Waals surface area contributed by atoms with E-state index in [1.165, 1.54) is 0 Å². The van der Waals surface area contributed by atoms with Gasteiger partial charge in [-0.25, -0.2) is 0 Å². The van der Waals surface area contributed by atoms with Crippen LogP contribution in [0.25, 0.3) is 0 Å². The van der Waals surface area contributed by atoms with Gasteiger partial charge in [0.15, 0.2) is 0 Å². The Kier molecular flexibility index (Phi) is 1.33. The number of aromatic hydroxyl groups is 1. The number of hydrogen-bond acceptors (Lipinski definition) is 3. The van der Waals surface area contributed by atoms with Crippen molar-refractivity contribution >= 4 is 5.78 Å². The summed E-state index contributed by atoms with van der Waals surface area (Å²) in [6.07, 6.45) is -32.0. The molecule has 1 aromatic rings. The van der Waals surface area contributed by atoms with Crippen LogP contribution in [0.4, 0.5) is 0 Å². The first-order valence-electron chi connectivity index (χ1n) is 22.2. The van der Waals surface area contributed by atoms with Crippen LogP contribution in [0.5, 0.6) is 11.5 Å². The van der Waals surface area contributed by atoms with Crippen molar-refractivity contribution < 1.29 is 54.4 Å². The minimum absolute atomic E-state index is 0.0688. The van der Waals surface area contributed by atoms with Crippen LogP contribution in [0.3, 0.4) is 0 Å². The van der Waals surface area contributed by atoms with Crippen molar-refractivity contribution in [3.8, 4) is 11.5 Å². The van der Waals surface area contributed by atoms with Gasteiger partial charge in [0.25, 0.3) is 0 Å². The number of phenols is 1. The zero-order chi connectivity index (χ0) is 44.9. The molecule has 0 radical (unpaired) electrons. The fourth-order valence-electron chi connectivity index (χ4n) is 3.00. The van der Waals surface area contributed by atoms with Gasteiger partial charge in [-0.15, -0.1) is 0 Å². The molecular weight excluding hydrogens is 336 g/mol. The first-order valence-corrected chi connectivity index (χ1v) is 7.70. The molecule has 150 valence electrons. The summed E-state index contributed by atoms with van der Waals surface area (Å²) >= 11 is 0. The molecule has 1 heterocycles. The Hall–Kier alpha value is -1.51. The van der Waals surface area contributed by atoms with E-state index in [2.05, 4.69) is 0 Å². The predicted octanol–water partition coefficient (Wildman–Crippen LogP) is 6.26. The molecule has 1 fully saturated rings. The molecule has 0 amide bonds. The SMILES string of the molecule is [2H]C1([2H])C[C@@H]2[C@H](c3c(O)cc(C(C([2H])([2H])[2H])(C([2H])([2H])[2H])C([2H])([2H])C([2H])([2H])C([2H])([2H])C([2H])([2H])C([2H])([2H])C([2H])([2H])[2H])cc3OC2(C([2H])([2H])[2H])C([2H])([2H])[2H])C([2H])([2H])C1=O. The third kappa shape index (κ3) is 4.02. The second-order valence-electron chi connectivity index (χ2n) is 6.06. The van der Waals surface area contributed by atoms with E-state index in [-0.39, 0.29) is 12.1 Å². The number of ketones is 1. The molecular formula is C24H36O3. The summed E-state index contributed by atoms with van der Waals surface area (Å²) in [5, 5.41) is 11.5. The number of Topliss-reactive ketones (excluding diaryl/α,β-unsaturated/α-hetero) is 1. The Morgan fingerprint density at radius 3 is 2.96 bits per heavy atom. The van der Waals surface area contributed by atoms with Crippen LogP contribution in [-0.4, -0.2) is 16.5 Å². The van der Waals surface area contributed by atoms with Gasteiger partial charge < -0.3 is 9.84 Å². The lowest BCUT2D eigenvalue weighted by atomic mass is 9.66. The number of carbonyl (C=O) groups excluding carboxylic acids is 1. The van der Waals surface area contributed by atoms with Gasteiger partial charge in [0.05, 0.1) is 0 Å². The van der Waals surface area contributed by atoms with Gasteiger partial charge in [-0.3, -0.25) is 4.79 Å². The molecule has 3 nitrogen and oxygen atoms in total. The summed E-state index contributed by atoms with van der Waals surface area (Å²) in [4.78, 5) is 13.2. The normalized spacial score (nSPS) is 48.7. The van der Waals surface area contributed by atoms with E-state index in [0.717, 1.165) is 0 Å². The zero-order valence-corrected chi connectivity index (χ0v) is 13.8. The van der Waals surface area contributed by atoms with Crippen molar-refractivity contribution in [2.75, 3.05) is 0 Å². The smallest absolute Gasteiger partial charge is 0.133 e. The molecule has 1 saturated carbocycles. The maximum atomic E-state index is 13.2. The van der Waals surface area contributed by atoms with Gasteiger partial charge in [-0.05, 0) is 49.6 Å². The number of ether oxygens (including phenoxy) is 1. The molecule has 3 heteroatoms. The number of phenolic OH excluding ortho intramolecular Hbond substituents is 1. The molecule has 1 aliphatic carbocycles. The highest BCUT2D eigenvalue weighted by Gasteiger charge is 2.47. The number of rotatable bonds is 6. The van der Waals surface area contributed by atoms with E-state index in [0.29, 0.717) is 0 Å². The molecule has 0 spiro atoms. The molecule has 1 N–H and O–H groups in total. The van der Waals surface area contributed by atoms with Crippen molar-refractivity contribution in [2.24, 2.45) is 5.92 Å². The van der Waals surface area contributed by atoms with Crippen LogP contribution in [0.15, 0.2) is 12.1 Å². The van der Waals surface area contributed by atoms with Gasteiger partial charge in [0.2, 0.25) is 0 Å². The van der Waals surface area contributed by atoms with Crippen LogP contribution < -0.4 is 4.74 Å². The second kappa shape index (κ2) is 7.48. The lowest BCUT2D eigenvalue weighted by molar-refractivity contribution is -0.124. The van der Waals surface area contributed by atoms with E-state index in [9.17, 15) is 9.90 Å². The Morgan fingerprint density at radius 2 is 2.22 bits per heavy atom. The van der Waals surface area contributed by atoms with Crippen molar-refractivity contribution in [1.82, 2.24) is 0 Å². The van der Waals surface area contributed by atoms with Gasteiger partial charge in [0.1, 0.15) is 22.9 Å². The van der Waals surface area contributed by atoms with Crippen LogP contribution in [0.2, 0.25) is 0 Å². The van der Waals surface area contributed by atoms with Crippen molar-refractivity contribution in [3.63, 3.8) is 0 Å². The maximum absolute atomic E-state index is 13.2. The van der Waals surface area contributed by atoms with Crippen LogP contribution in [-0.2, 0) is 10.2 Å². The predicted molar refractivity (Wildman–Crippen MR) is 110 cm³/mol. The Bertz CT molecular complexity index is 1690. The number of fused-ring (bicyclic) bond motifs is 3. The zero-order valence-electron chi connectivity index (χ0n) is 42.8. The lowest BCUT2D eigenvalue weighted by Crippen LogP contribution is -2.47. The maximum Gasteiger partial charge on any atom is 0.133 e. The molecule has 2 atom stereocenters. The van der Waals surface area contributed by atoms with Crippen LogP contribution in [0.1, 0.15) is 142 Å². The minimum Gasteiger partial charge on any atom is -0.508 e. The van der Waals surface area contributed by atoms with Crippen molar-refractivity contribution in [1.29, 1.82) is 0 Å². The van der Waals surface area contributed by atoms with Gasteiger partial charge in [0, 0.05) is 69.9 Å². The third-order valence-corrected chi connectivity index (χ3v) is 4.27. The highest BCUT2D eigenvalue weighted by atomic mass is 16.5. The topological polar surface area (TPSA) is 46.5 Å². The molecule has 1 aliphatic heterocycles. The largest absolute Gasteiger partial charge is 0.508 e. The summed E-state index contributed by atoms with van der Waals surface area (Å²) < 4.78 is 245. The number of hydrogen-bond donors (Lipinski definition) is 1. The summed E-state index contributed by atoms with van der Waals surface area (Å²) in [5.74, 6) is -9.72. The summed E-state index contributed by atoms with van der Waals surface area (Å²) in [5.41, 5.74) is -11.1. The quantitative estimate of drug-likeness (QED) is 0.611. The van der Waals surface area contributed by atoms with Crippen LogP contribution in [0, 0.1) is 5.92 Å². The van der Waals surface area contributed by atoms with E-state index in [1.54, 1.807) is 0 Å². The first kappa shape index (κ1) is 4.79. The highest BCUT2D eigenvalue weighted by molar-refractivity contribution is 5.81. The van der Waals surface area contributed by atoms with Crippen molar-refractivity contribution in [2.45, 2.75) is 102 Å². The number of benzene rings is 1. The summed E-state index contributed by atoms with van der Waals surface area (Å²) in [7, 11) is 0. The molecule has 27 heavy (non-hydrogen) atoms. The monoisotopic (exact) mass is 401 g/mol. The molecule has 1 aromatic carbocycles. The Balaban J connectivity index is 2.67. The molecule has 0 bridgehead atoms. The molecule has 0 aromatic heterocycles. The van der Waals surface area contributed by atoms with Gasteiger partial charge in [-0.2, -0.15) is 0 Å². The van der Waals surface area contributed by atoms with Crippen LogP contribution >= 0.6 is 0 Å². The minimum atomic E-state index is -4.95. The molecule has 0 saturated heterocycles. The van der Waals surface area contributed by atoms with E-state index < -0.39 is 137 Å². The Labute approximate surface area is 205 Å². The lowest BCUT2D eigenvalue weighted by Gasteiger charge is -2.47. The van der Waals surface area contributed by atoms with Gasteiger partial charge in [-0.1, -0.05) is 46.0 Å². The highest BCUT2D eigenvalue weighted by Crippen LogP contribution is 2.54. The summed E-state index contributed by atoms with van der Waals surface area (Å²) in [6, 6.07) is 0.152. The second-order valence-corrected chi connectivity index (χ2v) is 6.06. The third-order valence-electron chi connectivity index (χ3n) is 4.27. The molecule has 2 aliphatic rings. The van der Waals surface area contributed by atoms with Crippen molar-refractivity contribution in [3.05, 3.63) is 23.3 Å².